The van der Waals surface area contributed by atoms with E-state index in [2.05, 4.69) is 4.74 Å². The Kier molecular flexibility index (Phi) is 7.15. The number of allylic oxidation sites excluding steroid dienone is 1. The summed E-state index contributed by atoms with van der Waals surface area (Å²) >= 11 is 0. The second-order valence-electron chi connectivity index (χ2n) is 6.70. The lowest BCUT2D eigenvalue weighted by molar-refractivity contribution is -0.153. The van der Waals surface area contributed by atoms with Gasteiger partial charge in [-0.15, -0.1) is 0 Å². The number of rotatable bonds is 7. The zero-order valence-corrected chi connectivity index (χ0v) is 17.0. The maximum absolute atomic E-state index is 14.4. The Morgan fingerprint density at radius 1 is 0.939 bits per heavy atom. The molecule has 0 bridgehead atoms. The average molecular weight is 470 g/mol. The van der Waals surface area contributed by atoms with E-state index >= 15 is 0 Å². The van der Waals surface area contributed by atoms with Gasteiger partial charge in [0.05, 0.1) is 0 Å². The van der Waals surface area contributed by atoms with Crippen LogP contribution in [-0.2, 0) is 0 Å². The number of carbonyl (C=O) groups excluding carboxylic acids is 1. The molecule has 0 N–H and O–H groups in total. The quantitative estimate of drug-likeness (QED) is 0.174. The molecule has 33 heavy (non-hydrogen) atoms. The molecule has 0 heterocycles. The molecule has 0 fully saturated rings. The summed E-state index contributed by atoms with van der Waals surface area (Å²) in [7, 11) is 0. The van der Waals surface area contributed by atoms with E-state index in [9.17, 15) is 31.1 Å². The molecule has 0 saturated carbocycles. The predicted molar refractivity (Wildman–Crippen MR) is 107 cm³/mol. The number of alkyl halides is 3. The standard InChI is InChI=1S/C23H16F6O4/c1-2-3-8-31-15-10-17(24)20(18(25)11-15)22(30)33-14-5-6-16-13(9-14)4-7-19(21(16)26)32-12-23(27,28)29/h2-7,9-11H,8,12H2,1H3. The lowest BCUT2D eigenvalue weighted by atomic mass is 10.1. The number of benzene rings is 3. The summed E-state index contributed by atoms with van der Waals surface area (Å²) in [5.74, 6) is -5.67. The summed E-state index contributed by atoms with van der Waals surface area (Å²) < 4.78 is 94.5. The molecule has 3 rings (SSSR count). The molecule has 174 valence electrons. The molecule has 0 atom stereocenters. The van der Waals surface area contributed by atoms with Gasteiger partial charge in [0.25, 0.3) is 0 Å². The maximum Gasteiger partial charge on any atom is 0.422 e. The van der Waals surface area contributed by atoms with Gasteiger partial charge in [0.2, 0.25) is 0 Å². The highest BCUT2D eigenvalue weighted by atomic mass is 19.4. The Bertz CT molecular complexity index is 1180. The Morgan fingerprint density at radius 3 is 2.27 bits per heavy atom. The lowest BCUT2D eigenvalue weighted by Gasteiger charge is -2.12. The minimum atomic E-state index is -4.64. The second-order valence-corrected chi connectivity index (χ2v) is 6.70. The van der Waals surface area contributed by atoms with Crippen molar-refractivity contribution in [2.75, 3.05) is 13.2 Å². The molecule has 4 nitrogen and oxygen atoms in total. The molecular weight excluding hydrogens is 454 g/mol. The van der Waals surface area contributed by atoms with Gasteiger partial charge in [-0.05, 0) is 36.6 Å². The normalized spacial score (nSPS) is 11.7. The summed E-state index contributed by atoms with van der Waals surface area (Å²) in [6.07, 6.45) is -1.34. The molecule has 0 aliphatic carbocycles. The van der Waals surface area contributed by atoms with Gasteiger partial charge in [0, 0.05) is 17.5 Å². The van der Waals surface area contributed by atoms with Gasteiger partial charge >= 0.3 is 12.1 Å². The number of ether oxygens (including phenoxy) is 3. The zero-order chi connectivity index (χ0) is 24.2. The molecule has 0 saturated heterocycles. The number of fused-ring (bicyclic) bond motifs is 1. The Morgan fingerprint density at radius 2 is 1.64 bits per heavy atom. The van der Waals surface area contributed by atoms with Gasteiger partial charge in [0.15, 0.2) is 18.2 Å². The van der Waals surface area contributed by atoms with E-state index in [1.807, 2.05) is 0 Å². The van der Waals surface area contributed by atoms with Gasteiger partial charge in [0.1, 0.15) is 35.3 Å². The van der Waals surface area contributed by atoms with Gasteiger partial charge in [-0.2, -0.15) is 13.2 Å². The predicted octanol–water partition coefficient (Wildman–Crippen LogP) is 6.37. The van der Waals surface area contributed by atoms with Crippen LogP contribution in [0.5, 0.6) is 17.2 Å². The minimum Gasteiger partial charge on any atom is -0.489 e. The van der Waals surface area contributed by atoms with Gasteiger partial charge in [-0.1, -0.05) is 18.2 Å². The Hall–Kier alpha value is -3.69. The van der Waals surface area contributed by atoms with Gasteiger partial charge in [-0.25, -0.2) is 18.0 Å². The van der Waals surface area contributed by atoms with Crippen LogP contribution in [0.4, 0.5) is 26.3 Å². The number of esters is 1. The number of hydrogen-bond acceptors (Lipinski definition) is 4. The molecule has 0 spiro atoms. The van der Waals surface area contributed by atoms with Crippen molar-refractivity contribution in [1.82, 2.24) is 0 Å². The third-order valence-corrected chi connectivity index (χ3v) is 4.29. The fourth-order valence-electron chi connectivity index (χ4n) is 2.81. The van der Waals surface area contributed by atoms with Crippen LogP contribution >= 0.6 is 0 Å². The third kappa shape index (κ3) is 5.97. The summed E-state index contributed by atoms with van der Waals surface area (Å²) in [6, 6.07) is 7.36. The van der Waals surface area contributed by atoms with Crippen molar-refractivity contribution in [3.05, 3.63) is 77.6 Å². The SMILES string of the molecule is CC=CCOc1cc(F)c(C(=O)Oc2ccc3c(F)c(OCC(F)(F)F)ccc3c2)c(F)c1. The van der Waals surface area contributed by atoms with Crippen LogP contribution in [0.2, 0.25) is 0 Å². The van der Waals surface area contributed by atoms with Crippen LogP contribution in [-0.4, -0.2) is 25.4 Å². The number of carbonyl (C=O) groups is 1. The molecule has 3 aromatic carbocycles. The highest BCUT2D eigenvalue weighted by molar-refractivity contribution is 5.93. The van der Waals surface area contributed by atoms with Crippen LogP contribution in [0.15, 0.2) is 54.6 Å². The van der Waals surface area contributed by atoms with E-state index in [1.54, 1.807) is 19.1 Å². The average Bonchev–Trinajstić information content (AvgIpc) is 2.72. The number of halogens is 6. The lowest BCUT2D eigenvalue weighted by Crippen LogP contribution is -2.19. The highest BCUT2D eigenvalue weighted by Crippen LogP contribution is 2.31. The van der Waals surface area contributed by atoms with E-state index in [1.165, 1.54) is 12.1 Å². The van der Waals surface area contributed by atoms with Crippen molar-refractivity contribution in [2.45, 2.75) is 13.1 Å². The van der Waals surface area contributed by atoms with Crippen molar-refractivity contribution >= 4 is 16.7 Å². The largest absolute Gasteiger partial charge is 0.489 e. The zero-order valence-electron chi connectivity index (χ0n) is 17.0. The summed E-state index contributed by atoms with van der Waals surface area (Å²) in [5.41, 5.74) is -0.949. The van der Waals surface area contributed by atoms with Crippen molar-refractivity contribution in [2.24, 2.45) is 0 Å². The number of hydrogen-bond donors (Lipinski definition) is 0. The van der Waals surface area contributed by atoms with E-state index in [-0.39, 0.29) is 28.9 Å². The van der Waals surface area contributed by atoms with Gasteiger partial charge in [-0.3, -0.25) is 0 Å². The molecule has 0 aliphatic heterocycles. The first-order valence-corrected chi connectivity index (χ1v) is 9.46. The van der Waals surface area contributed by atoms with E-state index < -0.39 is 47.5 Å². The smallest absolute Gasteiger partial charge is 0.422 e. The van der Waals surface area contributed by atoms with Gasteiger partial charge < -0.3 is 14.2 Å². The Labute approximate surface area is 184 Å². The van der Waals surface area contributed by atoms with Crippen molar-refractivity contribution < 1.29 is 45.3 Å². The fraction of sp³-hybridized carbons (Fsp3) is 0.174. The highest BCUT2D eigenvalue weighted by Gasteiger charge is 2.29. The molecule has 3 aromatic rings. The summed E-state index contributed by atoms with van der Waals surface area (Å²) in [4.78, 5) is 12.3. The van der Waals surface area contributed by atoms with Crippen LogP contribution in [0.25, 0.3) is 10.8 Å². The summed E-state index contributed by atoms with van der Waals surface area (Å²) in [5, 5.41) is 0.0558. The maximum atomic E-state index is 14.4. The topological polar surface area (TPSA) is 44.8 Å². The van der Waals surface area contributed by atoms with E-state index in [4.69, 9.17) is 9.47 Å². The molecule has 0 aliphatic rings. The van der Waals surface area contributed by atoms with Crippen LogP contribution < -0.4 is 14.2 Å². The first-order chi connectivity index (χ1) is 15.6. The molecule has 0 unspecified atom stereocenters. The summed E-state index contributed by atoms with van der Waals surface area (Å²) in [6.45, 7) is 0.155. The molecule has 0 amide bonds. The molecule has 0 radical (unpaired) electrons. The van der Waals surface area contributed by atoms with Crippen molar-refractivity contribution in [3.63, 3.8) is 0 Å². The fourth-order valence-corrected chi connectivity index (χ4v) is 2.81. The van der Waals surface area contributed by atoms with Crippen LogP contribution in [0, 0.1) is 17.5 Å². The molecule has 10 heteroatoms. The van der Waals surface area contributed by atoms with E-state index in [0.717, 1.165) is 30.3 Å². The Balaban J connectivity index is 1.80. The van der Waals surface area contributed by atoms with Crippen LogP contribution in [0.3, 0.4) is 0 Å². The monoisotopic (exact) mass is 470 g/mol. The first kappa shape index (κ1) is 24.0. The van der Waals surface area contributed by atoms with Crippen molar-refractivity contribution in [3.8, 4) is 17.2 Å². The van der Waals surface area contributed by atoms with Crippen LogP contribution in [0.1, 0.15) is 17.3 Å². The molecule has 0 aromatic heterocycles. The molecular formula is C23H16F6O4. The minimum absolute atomic E-state index is 0.0791. The first-order valence-electron chi connectivity index (χ1n) is 9.46. The van der Waals surface area contributed by atoms with Crippen molar-refractivity contribution in [1.29, 1.82) is 0 Å². The second kappa shape index (κ2) is 9.85. The van der Waals surface area contributed by atoms with E-state index in [0.29, 0.717) is 0 Å². The third-order valence-electron chi connectivity index (χ3n) is 4.29.